The molecule has 0 amide bonds. The van der Waals surface area contributed by atoms with Crippen molar-refractivity contribution in [3.05, 3.63) is 10.6 Å². The third kappa shape index (κ3) is 1.92. The summed E-state index contributed by atoms with van der Waals surface area (Å²) in [6.45, 7) is 0. The van der Waals surface area contributed by atoms with Gasteiger partial charge in [0.1, 0.15) is 0 Å². The molecule has 15 heavy (non-hydrogen) atoms. The Bertz CT molecular complexity index is 400. The molecule has 0 spiro atoms. The molecular formula is C8H10F3N3S. The summed E-state index contributed by atoms with van der Waals surface area (Å²) in [6, 6.07) is -0.145. The second-order valence-corrected chi connectivity index (χ2v) is 4.05. The van der Waals surface area contributed by atoms with Gasteiger partial charge in [0.15, 0.2) is 4.77 Å². The zero-order valence-electron chi connectivity index (χ0n) is 7.84. The molecule has 1 N–H and O–H groups in total. The standard InChI is InChI=1S/C8H10F3N3S/c9-8(10,11)6-12-13-7(15)14(6)5-3-1-2-4-5/h5H,1-4H2,(H,13,15). The SMILES string of the molecule is FC(F)(F)c1n[nH]c(=S)n1C1CCCC1. The lowest BCUT2D eigenvalue weighted by Crippen LogP contribution is -2.18. The van der Waals surface area contributed by atoms with E-state index in [0.717, 1.165) is 30.3 Å². The fourth-order valence-electron chi connectivity index (χ4n) is 2.01. The van der Waals surface area contributed by atoms with Gasteiger partial charge in [-0.15, -0.1) is 5.10 Å². The fraction of sp³-hybridized carbons (Fsp3) is 0.750. The summed E-state index contributed by atoms with van der Waals surface area (Å²) in [5.41, 5.74) is 0. The van der Waals surface area contributed by atoms with Gasteiger partial charge < -0.3 is 0 Å². The molecule has 3 nitrogen and oxygen atoms in total. The van der Waals surface area contributed by atoms with Crippen molar-refractivity contribution in [2.75, 3.05) is 0 Å². The van der Waals surface area contributed by atoms with E-state index in [0.29, 0.717) is 0 Å². The van der Waals surface area contributed by atoms with E-state index in [2.05, 4.69) is 10.2 Å². The molecule has 2 rings (SSSR count). The average molecular weight is 237 g/mol. The van der Waals surface area contributed by atoms with Crippen LogP contribution in [-0.4, -0.2) is 14.8 Å². The number of aromatic nitrogens is 3. The van der Waals surface area contributed by atoms with E-state index in [1.54, 1.807) is 0 Å². The first-order valence-corrected chi connectivity index (χ1v) is 5.15. The van der Waals surface area contributed by atoms with Gasteiger partial charge >= 0.3 is 6.18 Å². The van der Waals surface area contributed by atoms with Crippen LogP contribution in [0.4, 0.5) is 13.2 Å². The molecule has 7 heteroatoms. The molecule has 0 radical (unpaired) electrons. The fourth-order valence-corrected chi connectivity index (χ4v) is 2.29. The Morgan fingerprint density at radius 3 is 2.47 bits per heavy atom. The highest BCUT2D eigenvalue weighted by atomic mass is 32.1. The van der Waals surface area contributed by atoms with Crippen molar-refractivity contribution in [2.24, 2.45) is 0 Å². The minimum atomic E-state index is -4.43. The number of aromatic amines is 1. The van der Waals surface area contributed by atoms with Crippen LogP contribution < -0.4 is 0 Å². The summed E-state index contributed by atoms with van der Waals surface area (Å²) < 4.78 is 38.9. The number of rotatable bonds is 1. The Hall–Kier alpha value is -0.850. The molecule has 1 fully saturated rings. The molecule has 0 bridgehead atoms. The first kappa shape index (κ1) is 10.7. The minimum absolute atomic E-state index is 0.0641. The van der Waals surface area contributed by atoms with Crippen molar-refractivity contribution in [2.45, 2.75) is 37.9 Å². The molecule has 1 aliphatic rings. The van der Waals surface area contributed by atoms with E-state index in [-0.39, 0.29) is 10.8 Å². The van der Waals surface area contributed by atoms with Crippen molar-refractivity contribution in [3.63, 3.8) is 0 Å². The van der Waals surface area contributed by atoms with E-state index in [1.807, 2.05) is 0 Å². The zero-order chi connectivity index (χ0) is 11.1. The first-order valence-electron chi connectivity index (χ1n) is 4.74. The second-order valence-electron chi connectivity index (χ2n) is 3.66. The summed E-state index contributed by atoms with van der Waals surface area (Å²) in [6.07, 6.45) is -1.03. The largest absolute Gasteiger partial charge is 0.451 e. The molecule has 1 aromatic heterocycles. The molecule has 1 aromatic rings. The second kappa shape index (κ2) is 3.62. The maximum absolute atomic E-state index is 12.6. The third-order valence-corrected chi connectivity index (χ3v) is 2.94. The molecule has 1 aliphatic carbocycles. The van der Waals surface area contributed by atoms with Crippen LogP contribution in [0.1, 0.15) is 37.5 Å². The van der Waals surface area contributed by atoms with Crippen LogP contribution in [0, 0.1) is 4.77 Å². The quantitative estimate of drug-likeness (QED) is 0.761. The van der Waals surface area contributed by atoms with Crippen molar-refractivity contribution in [1.82, 2.24) is 14.8 Å². The number of alkyl halides is 3. The average Bonchev–Trinajstić information content (AvgIpc) is 2.69. The van der Waals surface area contributed by atoms with Crippen LogP contribution in [0.25, 0.3) is 0 Å². The number of nitrogens with one attached hydrogen (secondary N) is 1. The number of hydrogen-bond acceptors (Lipinski definition) is 2. The predicted octanol–water partition coefficient (Wildman–Crippen LogP) is 3.07. The van der Waals surface area contributed by atoms with Gasteiger partial charge in [-0.2, -0.15) is 13.2 Å². The van der Waals surface area contributed by atoms with Crippen molar-refractivity contribution >= 4 is 12.2 Å². The Kier molecular flexibility index (Phi) is 2.57. The van der Waals surface area contributed by atoms with Crippen LogP contribution in [-0.2, 0) is 6.18 Å². The summed E-state index contributed by atoms with van der Waals surface area (Å²) in [7, 11) is 0. The van der Waals surface area contributed by atoms with E-state index in [9.17, 15) is 13.2 Å². The third-order valence-electron chi connectivity index (χ3n) is 2.65. The molecule has 0 atom stereocenters. The van der Waals surface area contributed by atoms with Crippen LogP contribution in [0.5, 0.6) is 0 Å². The predicted molar refractivity (Wildman–Crippen MR) is 49.9 cm³/mol. The van der Waals surface area contributed by atoms with Crippen LogP contribution in [0.2, 0.25) is 0 Å². The highest BCUT2D eigenvalue weighted by Gasteiger charge is 2.39. The van der Waals surface area contributed by atoms with E-state index in [4.69, 9.17) is 12.2 Å². The summed E-state index contributed by atoms with van der Waals surface area (Å²) in [4.78, 5) is 0. The van der Waals surface area contributed by atoms with Gasteiger partial charge in [0, 0.05) is 6.04 Å². The highest BCUT2D eigenvalue weighted by Crippen LogP contribution is 2.35. The van der Waals surface area contributed by atoms with Crippen molar-refractivity contribution in [3.8, 4) is 0 Å². The maximum Gasteiger partial charge on any atom is 0.451 e. The Morgan fingerprint density at radius 2 is 1.93 bits per heavy atom. The molecule has 0 aromatic carbocycles. The van der Waals surface area contributed by atoms with Crippen molar-refractivity contribution < 1.29 is 13.2 Å². The number of halogens is 3. The van der Waals surface area contributed by atoms with Gasteiger partial charge in [-0.05, 0) is 25.1 Å². The Labute approximate surface area is 89.3 Å². The van der Waals surface area contributed by atoms with Gasteiger partial charge in [-0.25, -0.2) is 0 Å². The highest BCUT2D eigenvalue weighted by molar-refractivity contribution is 7.71. The summed E-state index contributed by atoms with van der Waals surface area (Å²) in [5.74, 6) is -0.903. The summed E-state index contributed by atoms with van der Waals surface area (Å²) >= 11 is 4.82. The monoisotopic (exact) mass is 237 g/mol. The van der Waals surface area contributed by atoms with Gasteiger partial charge in [0.25, 0.3) is 0 Å². The van der Waals surface area contributed by atoms with E-state index in [1.165, 1.54) is 0 Å². The van der Waals surface area contributed by atoms with Gasteiger partial charge in [-0.1, -0.05) is 12.8 Å². The molecular weight excluding hydrogens is 227 g/mol. The Morgan fingerprint density at radius 1 is 1.33 bits per heavy atom. The lowest BCUT2D eigenvalue weighted by atomic mass is 10.2. The molecule has 1 saturated carbocycles. The first-order chi connectivity index (χ1) is 7.00. The smallest absolute Gasteiger partial charge is 0.293 e. The van der Waals surface area contributed by atoms with E-state index < -0.39 is 12.0 Å². The molecule has 0 unspecified atom stereocenters. The molecule has 84 valence electrons. The minimum Gasteiger partial charge on any atom is -0.293 e. The van der Waals surface area contributed by atoms with Crippen LogP contribution >= 0.6 is 12.2 Å². The molecule has 1 heterocycles. The topological polar surface area (TPSA) is 33.6 Å². The maximum atomic E-state index is 12.6. The Balaban J connectivity index is 2.44. The van der Waals surface area contributed by atoms with E-state index >= 15 is 0 Å². The van der Waals surface area contributed by atoms with Gasteiger partial charge in [0.05, 0.1) is 0 Å². The number of H-pyrrole nitrogens is 1. The van der Waals surface area contributed by atoms with Crippen LogP contribution in [0.15, 0.2) is 0 Å². The lowest BCUT2D eigenvalue weighted by Gasteiger charge is -2.14. The van der Waals surface area contributed by atoms with Crippen LogP contribution in [0.3, 0.4) is 0 Å². The lowest BCUT2D eigenvalue weighted by molar-refractivity contribution is -0.148. The molecule has 0 aliphatic heterocycles. The number of nitrogens with zero attached hydrogens (tertiary/aromatic N) is 2. The van der Waals surface area contributed by atoms with Crippen molar-refractivity contribution in [1.29, 1.82) is 0 Å². The molecule has 0 saturated heterocycles. The zero-order valence-corrected chi connectivity index (χ0v) is 8.66. The van der Waals surface area contributed by atoms with Gasteiger partial charge in [0.2, 0.25) is 5.82 Å². The van der Waals surface area contributed by atoms with Gasteiger partial charge in [-0.3, -0.25) is 9.67 Å². The normalized spacial score (nSPS) is 18.6. The number of hydrogen-bond donors (Lipinski definition) is 1. The summed E-state index contributed by atoms with van der Waals surface area (Å²) in [5, 5.41) is 5.47.